The molecule has 4 heterocycles. The SMILES string of the molecule is CCCCN1C(=O)c2sccc2N2C(CCC(=O)N3CCN(c4ccc(OC)cc4)CC3)=NNC12. The maximum Gasteiger partial charge on any atom is 0.269 e. The lowest BCUT2D eigenvalue weighted by atomic mass is 10.1. The fourth-order valence-electron chi connectivity index (χ4n) is 4.87. The molecule has 0 aliphatic carbocycles. The number of methoxy groups -OCH3 is 1. The third-order valence-corrected chi connectivity index (χ3v) is 7.76. The molecule has 0 saturated carbocycles. The van der Waals surface area contributed by atoms with Crippen molar-refractivity contribution < 1.29 is 14.3 Å². The Hall–Kier alpha value is -3.27. The fourth-order valence-corrected chi connectivity index (χ4v) is 5.71. The number of carbonyl (C=O) groups excluding carboxylic acids is 2. The average molecular weight is 497 g/mol. The largest absolute Gasteiger partial charge is 0.497 e. The number of ether oxygens (including phenoxy) is 1. The van der Waals surface area contributed by atoms with E-state index in [0.29, 0.717) is 32.5 Å². The third-order valence-electron chi connectivity index (χ3n) is 6.87. The van der Waals surface area contributed by atoms with Crippen molar-refractivity contribution in [3.8, 4) is 5.75 Å². The van der Waals surface area contributed by atoms with E-state index in [4.69, 9.17) is 4.74 Å². The minimum atomic E-state index is -0.311. The van der Waals surface area contributed by atoms with E-state index in [-0.39, 0.29) is 18.1 Å². The van der Waals surface area contributed by atoms with Gasteiger partial charge in [0.1, 0.15) is 16.5 Å². The Balaban J connectivity index is 1.18. The fraction of sp³-hybridized carbons (Fsp3) is 0.480. The highest BCUT2D eigenvalue weighted by molar-refractivity contribution is 7.12. The number of rotatable bonds is 8. The van der Waals surface area contributed by atoms with Crippen LogP contribution in [-0.4, -0.2) is 73.6 Å². The first-order valence-electron chi connectivity index (χ1n) is 12.3. The second-order valence-electron chi connectivity index (χ2n) is 8.95. The smallest absolute Gasteiger partial charge is 0.269 e. The van der Waals surface area contributed by atoms with Crippen LogP contribution in [0.1, 0.15) is 42.3 Å². The van der Waals surface area contributed by atoms with Gasteiger partial charge < -0.3 is 14.5 Å². The summed E-state index contributed by atoms with van der Waals surface area (Å²) in [7, 11) is 1.67. The highest BCUT2D eigenvalue weighted by Crippen LogP contribution is 2.37. The maximum absolute atomic E-state index is 13.0. The number of unbranched alkanes of at least 4 members (excludes halogenated alkanes) is 1. The van der Waals surface area contributed by atoms with Crippen LogP contribution >= 0.6 is 11.3 Å². The van der Waals surface area contributed by atoms with Crippen LogP contribution in [0.4, 0.5) is 11.4 Å². The molecular weight excluding hydrogens is 464 g/mol. The van der Waals surface area contributed by atoms with E-state index < -0.39 is 0 Å². The van der Waals surface area contributed by atoms with Crippen molar-refractivity contribution in [2.45, 2.75) is 38.9 Å². The maximum atomic E-state index is 13.0. The Bertz CT molecular complexity index is 1090. The predicted octanol–water partition coefficient (Wildman–Crippen LogP) is 3.15. The number of piperazine rings is 1. The minimum Gasteiger partial charge on any atom is -0.497 e. The van der Waals surface area contributed by atoms with Gasteiger partial charge in [-0.1, -0.05) is 13.3 Å². The van der Waals surface area contributed by atoms with E-state index >= 15 is 0 Å². The van der Waals surface area contributed by atoms with Crippen LogP contribution in [0.25, 0.3) is 0 Å². The first-order valence-corrected chi connectivity index (χ1v) is 13.1. The van der Waals surface area contributed by atoms with Gasteiger partial charge in [0, 0.05) is 51.3 Å². The van der Waals surface area contributed by atoms with Crippen LogP contribution in [-0.2, 0) is 4.79 Å². The lowest BCUT2D eigenvalue weighted by Gasteiger charge is -2.40. The molecule has 1 fully saturated rings. The highest BCUT2D eigenvalue weighted by Gasteiger charge is 2.43. The zero-order chi connectivity index (χ0) is 24.4. The minimum absolute atomic E-state index is 0.0551. The van der Waals surface area contributed by atoms with E-state index in [1.807, 2.05) is 33.4 Å². The molecule has 3 aliphatic heterocycles. The van der Waals surface area contributed by atoms with E-state index in [9.17, 15) is 9.59 Å². The molecular formula is C25H32N6O3S. The molecule has 1 saturated heterocycles. The number of nitrogens with zero attached hydrogens (tertiary/aromatic N) is 5. The molecule has 10 heteroatoms. The molecule has 0 spiro atoms. The number of hydrogen-bond donors (Lipinski definition) is 1. The molecule has 1 atom stereocenters. The highest BCUT2D eigenvalue weighted by atomic mass is 32.1. The summed E-state index contributed by atoms with van der Waals surface area (Å²) in [4.78, 5) is 35.0. The number of carbonyl (C=O) groups is 2. The molecule has 2 aromatic rings. The number of amidine groups is 1. The van der Waals surface area contributed by atoms with Crippen molar-refractivity contribution in [3.05, 3.63) is 40.6 Å². The van der Waals surface area contributed by atoms with E-state index in [2.05, 4.69) is 39.4 Å². The number of hydrogen-bond acceptors (Lipinski definition) is 8. The average Bonchev–Trinajstić information content (AvgIpc) is 3.55. The molecule has 3 aliphatic rings. The van der Waals surface area contributed by atoms with Gasteiger partial charge in [-0.2, -0.15) is 5.10 Å². The van der Waals surface area contributed by atoms with Gasteiger partial charge in [0.05, 0.1) is 12.8 Å². The lowest BCUT2D eigenvalue weighted by Crippen LogP contribution is -2.58. The Morgan fingerprint density at radius 1 is 1.17 bits per heavy atom. The summed E-state index contributed by atoms with van der Waals surface area (Å²) < 4.78 is 5.24. The summed E-state index contributed by atoms with van der Waals surface area (Å²) in [5.74, 6) is 1.86. The molecule has 0 bridgehead atoms. The summed E-state index contributed by atoms with van der Waals surface area (Å²) in [6, 6.07) is 10.0. The van der Waals surface area contributed by atoms with Gasteiger partial charge in [-0.05, 0) is 42.1 Å². The van der Waals surface area contributed by atoms with E-state index in [1.54, 1.807) is 7.11 Å². The van der Waals surface area contributed by atoms with Crippen molar-refractivity contribution in [3.63, 3.8) is 0 Å². The van der Waals surface area contributed by atoms with Crippen LogP contribution in [0.3, 0.4) is 0 Å². The van der Waals surface area contributed by atoms with E-state index in [1.165, 1.54) is 11.3 Å². The molecule has 2 amide bonds. The summed E-state index contributed by atoms with van der Waals surface area (Å²) in [5.41, 5.74) is 5.19. The topological polar surface area (TPSA) is 80.7 Å². The zero-order valence-electron chi connectivity index (χ0n) is 20.3. The Morgan fingerprint density at radius 2 is 1.94 bits per heavy atom. The molecule has 9 nitrogen and oxygen atoms in total. The number of benzene rings is 1. The monoisotopic (exact) mass is 496 g/mol. The summed E-state index contributed by atoms with van der Waals surface area (Å²) in [6.45, 7) is 5.82. The second-order valence-corrected chi connectivity index (χ2v) is 9.87. The molecule has 5 rings (SSSR count). The van der Waals surface area contributed by atoms with Crippen LogP contribution in [0.2, 0.25) is 0 Å². The van der Waals surface area contributed by atoms with E-state index in [0.717, 1.165) is 53.8 Å². The van der Waals surface area contributed by atoms with Crippen LogP contribution < -0.4 is 20.0 Å². The van der Waals surface area contributed by atoms with Gasteiger partial charge in [-0.3, -0.25) is 24.8 Å². The first-order chi connectivity index (χ1) is 17.1. The number of thiophene rings is 1. The number of fused-ring (bicyclic) bond motifs is 3. The van der Waals surface area contributed by atoms with Crippen molar-refractivity contribution in [1.29, 1.82) is 0 Å². The quantitative estimate of drug-likeness (QED) is 0.605. The lowest BCUT2D eigenvalue weighted by molar-refractivity contribution is -0.131. The number of anilines is 2. The van der Waals surface area contributed by atoms with Gasteiger partial charge in [0.15, 0.2) is 0 Å². The molecule has 186 valence electrons. The third kappa shape index (κ3) is 4.54. The van der Waals surface area contributed by atoms with Crippen LogP contribution in [0, 0.1) is 0 Å². The van der Waals surface area contributed by atoms with Crippen molar-refractivity contribution in [2.75, 3.05) is 49.6 Å². The van der Waals surface area contributed by atoms with Crippen LogP contribution in [0.15, 0.2) is 40.8 Å². The van der Waals surface area contributed by atoms with Gasteiger partial charge in [-0.15, -0.1) is 11.3 Å². The molecule has 1 aromatic carbocycles. The Labute approximate surface area is 209 Å². The number of hydrazone groups is 1. The van der Waals surface area contributed by atoms with Crippen molar-refractivity contribution >= 4 is 40.4 Å². The van der Waals surface area contributed by atoms with Gasteiger partial charge in [0.2, 0.25) is 12.2 Å². The van der Waals surface area contributed by atoms with Gasteiger partial charge in [0.25, 0.3) is 5.91 Å². The van der Waals surface area contributed by atoms with Crippen LogP contribution in [0.5, 0.6) is 5.75 Å². The molecule has 1 N–H and O–H groups in total. The zero-order valence-corrected chi connectivity index (χ0v) is 21.1. The van der Waals surface area contributed by atoms with Crippen molar-refractivity contribution in [2.24, 2.45) is 5.10 Å². The Morgan fingerprint density at radius 3 is 2.66 bits per heavy atom. The molecule has 35 heavy (non-hydrogen) atoms. The first kappa shape index (κ1) is 23.5. The second kappa shape index (κ2) is 10.2. The van der Waals surface area contributed by atoms with Gasteiger partial charge >= 0.3 is 0 Å². The molecule has 1 aromatic heterocycles. The standard InChI is InChI=1S/C25H32N6O3S/c1-3-4-12-30-24(33)23-20(11-17-35-23)31-21(26-27-25(30)31)9-10-22(32)29-15-13-28(14-16-29)18-5-7-19(34-2)8-6-18/h5-8,11,17,25,27H,3-4,9-10,12-16H2,1-2H3. The number of amides is 2. The summed E-state index contributed by atoms with van der Waals surface area (Å²) in [5, 5.41) is 6.50. The van der Waals surface area contributed by atoms with Gasteiger partial charge in [-0.25, -0.2) is 0 Å². The molecule has 0 radical (unpaired) electrons. The summed E-state index contributed by atoms with van der Waals surface area (Å²) in [6.07, 6.45) is 2.58. The predicted molar refractivity (Wildman–Crippen MR) is 138 cm³/mol. The summed E-state index contributed by atoms with van der Waals surface area (Å²) >= 11 is 1.47. The Kier molecular flexibility index (Phi) is 6.81. The molecule has 1 unspecified atom stereocenters. The normalized spacial score (nSPS) is 19.3. The van der Waals surface area contributed by atoms with Crippen molar-refractivity contribution in [1.82, 2.24) is 15.2 Å². The number of nitrogens with one attached hydrogen (secondary N) is 1.